The molecule has 1 unspecified atom stereocenters. The van der Waals surface area contributed by atoms with E-state index in [1.54, 1.807) is 24.3 Å². The van der Waals surface area contributed by atoms with Crippen LogP contribution in [0.15, 0.2) is 45.3 Å². The van der Waals surface area contributed by atoms with Gasteiger partial charge >= 0.3 is 0 Å². The third-order valence-electron chi connectivity index (χ3n) is 2.60. The minimum atomic E-state index is -0.366. The second-order valence-corrected chi connectivity index (χ2v) is 5.96. The average molecular weight is 393 g/mol. The number of hydrogen-bond donors (Lipinski definition) is 1. The van der Waals surface area contributed by atoms with E-state index in [1.165, 1.54) is 6.07 Å². The molecule has 18 heavy (non-hydrogen) atoms. The molecule has 2 N–H and O–H groups in total. The van der Waals surface area contributed by atoms with Crippen LogP contribution in [-0.2, 0) is 0 Å². The van der Waals surface area contributed by atoms with Gasteiger partial charge in [-0.05, 0) is 57.4 Å². The number of benzene rings is 2. The highest BCUT2D eigenvalue weighted by Crippen LogP contribution is 2.30. The zero-order valence-electron chi connectivity index (χ0n) is 9.13. The Hall–Kier alpha value is -0.420. The summed E-state index contributed by atoms with van der Waals surface area (Å²) in [6, 6.07) is 9.78. The monoisotopic (exact) mass is 391 g/mol. The molecule has 2 aromatic carbocycles. The second-order valence-electron chi connectivity index (χ2n) is 3.82. The Morgan fingerprint density at radius 2 is 1.78 bits per heavy atom. The minimum absolute atomic E-state index is 0.309. The summed E-state index contributed by atoms with van der Waals surface area (Å²) in [5.41, 5.74) is 7.85. The Kier molecular flexibility index (Phi) is 4.43. The molecule has 0 aliphatic heterocycles. The van der Waals surface area contributed by atoms with Crippen LogP contribution in [0.1, 0.15) is 17.2 Å². The minimum Gasteiger partial charge on any atom is -0.320 e. The first kappa shape index (κ1) is 14.0. The van der Waals surface area contributed by atoms with E-state index in [9.17, 15) is 4.39 Å². The summed E-state index contributed by atoms with van der Waals surface area (Å²) in [5.74, 6) is -0.309. The Morgan fingerprint density at radius 1 is 1.06 bits per heavy atom. The topological polar surface area (TPSA) is 26.0 Å². The lowest BCUT2D eigenvalue weighted by Crippen LogP contribution is -2.12. The van der Waals surface area contributed by atoms with Crippen LogP contribution in [0.3, 0.4) is 0 Å². The van der Waals surface area contributed by atoms with Crippen molar-refractivity contribution < 1.29 is 4.39 Å². The summed E-state index contributed by atoms with van der Waals surface area (Å²) in [4.78, 5) is 0. The van der Waals surface area contributed by atoms with E-state index in [-0.39, 0.29) is 11.9 Å². The molecular weight excluding hydrogens is 384 g/mol. The summed E-state index contributed by atoms with van der Waals surface area (Å²) in [6.45, 7) is 0. The van der Waals surface area contributed by atoms with Gasteiger partial charge in [0.1, 0.15) is 5.82 Å². The molecule has 1 atom stereocenters. The Bertz CT molecular complexity index is 589. The highest BCUT2D eigenvalue weighted by atomic mass is 79.9. The zero-order chi connectivity index (χ0) is 13.3. The van der Waals surface area contributed by atoms with Crippen LogP contribution in [0.5, 0.6) is 0 Å². The fraction of sp³-hybridized carbons (Fsp3) is 0.0769. The van der Waals surface area contributed by atoms with Crippen molar-refractivity contribution in [3.05, 3.63) is 67.3 Å². The Balaban J connectivity index is 2.44. The lowest BCUT2D eigenvalue weighted by molar-refractivity contribution is 0.619. The van der Waals surface area contributed by atoms with E-state index >= 15 is 0 Å². The molecule has 0 aliphatic rings. The molecular formula is C13H9Br2ClFN. The molecule has 1 nitrogen and oxygen atoms in total. The largest absolute Gasteiger partial charge is 0.320 e. The van der Waals surface area contributed by atoms with E-state index in [0.717, 1.165) is 15.6 Å². The molecule has 0 heterocycles. The number of nitrogens with two attached hydrogens (primary N) is 1. The molecule has 0 saturated heterocycles. The maximum absolute atomic E-state index is 13.2. The van der Waals surface area contributed by atoms with Gasteiger partial charge in [-0.1, -0.05) is 33.6 Å². The van der Waals surface area contributed by atoms with Crippen LogP contribution in [0.4, 0.5) is 4.39 Å². The molecule has 94 valence electrons. The molecule has 0 amide bonds. The van der Waals surface area contributed by atoms with Crippen molar-refractivity contribution in [1.82, 2.24) is 0 Å². The Morgan fingerprint density at radius 3 is 2.44 bits per heavy atom. The van der Waals surface area contributed by atoms with Crippen molar-refractivity contribution >= 4 is 43.5 Å². The molecule has 2 rings (SSSR count). The van der Waals surface area contributed by atoms with Crippen molar-refractivity contribution in [2.45, 2.75) is 6.04 Å². The number of halogens is 4. The SMILES string of the molecule is NC(c1ccc(F)c(Br)c1)c1cc(Cl)ccc1Br. The van der Waals surface area contributed by atoms with Crippen molar-refractivity contribution in [3.63, 3.8) is 0 Å². The molecule has 0 aromatic heterocycles. The van der Waals surface area contributed by atoms with Gasteiger partial charge in [-0.15, -0.1) is 0 Å². The van der Waals surface area contributed by atoms with Crippen LogP contribution in [0.2, 0.25) is 5.02 Å². The quantitative estimate of drug-likeness (QED) is 0.759. The maximum atomic E-state index is 13.2. The zero-order valence-corrected chi connectivity index (χ0v) is 13.1. The van der Waals surface area contributed by atoms with Gasteiger partial charge in [0.05, 0.1) is 10.5 Å². The van der Waals surface area contributed by atoms with Gasteiger partial charge in [0, 0.05) is 9.50 Å². The van der Waals surface area contributed by atoms with Crippen LogP contribution in [0, 0.1) is 5.82 Å². The normalized spacial score (nSPS) is 12.5. The highest BCUT2D eigenvalue weighted by molar-refractivity contribution is 9.10. The first-order chi connectivity index (χ1) is 8.49. The second kappa shape index (κ2) is 5.70. The molecule has 0 fully saturated rings. The lowest BCUT2D eigenvalue weighted by atomic mass is 10.00. The molecule has 0 bridgehead atoms. The predicted molar refractivity (Wildman–Crippen MR) is 79.3 cm³/mol. The van der Waals surface area contributed by atoms with E-state index in [1.807, 2.05) is 6.07 Å². The van der Waals surface area contributed by atoms with Gasteiger partial charge in [-0.2, -0.15) is 0 Å². The van der Waals surface area contributed by atoms with E-state index in [0.29, 0.717) is 9.50 Å². The molecule has 0 spiro atoms. The lowest BCUT2D eigenvalue weighted by Gasteiger charge is -2.15. The van der Waals surface area contributed by atoms with E-state index < -0.39 is 0 Å². The summed E-state index contributed by atoms with van der Waals surface area (Å²) >= 11 is 12.5. The molecule has 2 aromatic rings. The number of hydrogen-bond acceptors (Lipinski definition) is 1. The average Bonchev–Trinajstić information content (AvgIpc) is 2.35. The highest BCUT2D eigenvalue weighted by Gasteiger charge is 2.14. The van der Waals surface area contributed by atoms with Crippen molar-refractivity contribution in [1.29, 1.82) is 0 Å². The summed E-state index contributed by atoms with van der Waals surface area (Å²) in [6.07, 6.45) is 0. The first-order valence-corrected chi connectivity index (χ1v) is 7.11. The van der Waals surface area contributed by atoms with E-state index in [4.69, 9.17) is 17.3 Å². The first-order valence-electron chi connectivity index (χ1n) is 5.14. The summed E-state index contributed by atoms with van der Waals surface area (Å²) in [5, 5.41) is 0.616. The van der Waals surface area contributed by atoms with Crippen molar-refractivity contribution in [2.24, 2.45) is 5.73 Å². The van der Waals surface area contributed by atoms with Gasteiger partial charge in [0.2, 0.25) is 0 Å². The van der Waals surface area contributed by atoms with Gasteiger partial charge in [0.25, 0.3) is 0 Å². The third-order valence-corrected chi connectivity index (χ3v) is 4.16. The fourth-order valence-electron chi connectivity index (χ4n) is 1.64. The van der Waals surface area contributed by atoms with Crippen molar-refractivity contribution in [2.75, 3.05) is 0 Å². The van der Waals surface area contributed by atoms with E-state index in [2.05, 4.69) is 31.9 Å². The van der Waals surface area contributed by atoms with Crippen LogP contribution < -0.4 is 5.73 Å². The predicted octanol–water partition coefficient (Wildman–Crippen LogP) is 5.05. The van der Waals surface area contributed by atoms with Gasteiger partial charge in [-0.25, -0.2) is 4.39 Å². The smallest absolute Gasteiger partial charge is 0.137 e. The van der Waals surface area contributed by atoms with Crippen LogP contribution >= 0.6 is 43.5 Å². The standard InChI is InChI=1S/C13H9Br2ClFN/c14-10-3-2-8(16)6-9(10)13(18)7-1-4-12(17)11(15)5-7/h1-6,13H,18H2. The van der Waals surface area contributed by atoms with Crippen LogP contribution in [-0.4, -0.2) is 0 Å². The molecule has 0 radical (unpaired) electrons. The molecule has 0 saturated carbocycles. The van der Waals surface area contributed by atoms with Gasteiger partial charge < -0.3 is 5.73 Å². The summed E-state index contributed by atoms with van der Waals surface area (Å²) < 4.78 is 14.5. The third kappa shape index (κ3) is 2.94. The van der Waals surface area contributed by atoms with Crippen molar-refractivity contribution in [3.8, 4) is 0 Å². The molecule has 5 heteroatoms. The molecule has 0 aliphatic carbocycles. The maximum Gasteiger partial charge on any atom is 0.137 e. The number of rotatable bonds is 2. The fourth-order valence-corrected chi connectivity index (χ4v) is 2.71. The Labute approximate surface area is 126 Å². The van der Waals surface area contributed by atoms with Gasteiger partial charge in [-0.3, -0.25) is 0 Å². The van der Waals surface area contributed by atoms with Crippen LogP contribution in [0.25, 0.3) is 0 Å². The van der Waals surface area contributed by atoms with Gasteiger partial charge in [0.15, 0.2) is 0 Å². The summed E-state index contributed by atoms with van der Waals surface area (Å²) in [7, 11) is 0.